The van der Waals surface area contributed by atoms with E-state index in [1.165, 1.54) is 11.1 Å². The van der Waals surface area contributed by atoms with E-state index in [1.807, 2.05) is 0 Å². The molecule has 0 spiro atoms. The van der Waals surface area contributed by atoms with E-state index in [1.54, 1.807) is 24.3 Å². The zero-order chi connectivity index (χ0) is 16.9. The van der Waals surface area contributed by atoms with Crippen LogP contribution in [0.25, 0.3) is 10.9 Å². The Morgan fingerprint density at radius 3 is 2.62 bits per heavy atom. The molecule has 5 heteroatoms. The molecular formula is C19H19N3O2. The third-order valence-electron chi connectivity index (χ3n) is 4.00. The predicted octanol–water partition coefficient (Wildman–Crippen LogP) is 2.69. The Bertz CT molecular complexity index is 914. The van der Waals surface area contributed by atoms with Crippen molar-refractivity contribution in [3.8, 4) is 0 Å². The average molecular weight is 321 g/mol. The van der Waals surface area contributed by atoms with E-state index < -0.39 is 0 Å². The van der Waals surface area contributed by atoms with E-state index in [4.69, 9.17) is 0 Å². The Labute approximate surface area is 139 Å². The number of hydrogen-bond acceptors (Lipinski definition) is 4. The van der Waals surface area contributed by atoms with Gasteiger partial charge in [-0.15, -0.1) is 5.10 Å². The highest BCUT2D eigenvalue weighted by atomic mass is 16.1. The standard InChI is InChI=1S/C19H19N3O2/c1-14-9-11-15(12-10-14)5-4-6-16(23)13-22-19(24)17-7-2-3-8-18(17)20-21-22/h2-3,7-12H,4-6,13H2,1H3. The van der Waals surface area contributed by atoms with Crippen LogP contribution < -0.4 is 5.56 Å². The van der Waals surface area contributed by atoms with Gasteiger partial charge in [-0.1, -0.05) is 47.2 Å². The topological polar surface area (TPSA) is 64.8 Å². The highest BCUT2D eigenvalue weighted by molar-refractivity contribution is 5.79. The summed E-state index contributed by atoms with van der Waals surface area (Å²) in [6.45, 7) is 2.03. The number of rotatable bonds is 6. The highest BCUT2D eigenvalue weighted by Gasteiger charge is 2.09. The van der Waals surface area contributed by atoms with E-state index >= 15 is 0 Å². The van der Waals surface area contributed by atoms with Crippen LogP contribution in [0, 0.1) is 6.92 Å². The van der Waals surface area contributed by atoms with Crippen molar-refractivity contribution in [2.45, 2.75) is 32.7 Å². The van der Waals surface area contributed by atoms with Gasteiger partial charge in [0.25, 0.3) is 5.56 Å². The van der Waals surface area contributed by atoms with Gasteiger partial charge >= 0.3 is 0 Å². The largest absolute Gasteiger partial charge is 0.298 e. The van der Waals surface area contributed by atoms with Gasteiger partial charge in [-0.05, 0) is 37.5 Å². The molecule has 0 bridgehead atoms. The second-order valence-corrected chi connectivity index (χ2v) is 5.95. The minimum atomic E-state index is -0.271. The van der Waals surface area contributed by atoms with Gasteiger partial charge in [0.05, 0.1) is 5.39 Å². The molecule has 0 aliphatic rings. The normalized spacial score (nSPS) is 10.9. The van der Waals surface area contributed by atoms with Crippen molar-refractivity contribution in [2.75, 3.05) is 0 Å². The van der Waals surface area contributed by atoms with Crippen molar-refractivity contribution in [1.82, 2.24) is 15.0 Å². The Kier molecular flexibility index (Phi) is 4.79. The molecule has 0 saturated heterocycles. The van der Waals surface area contributed by atoms with Gasteiger partial charge in [0.15, 0.2) is 5.78 Å². The van der Waals surface area contributed by atoms with Gasteiger partial charge in [0, 0.05) is 6.42 Å². The van der Waals surface area contributed by atoms with Crippen LogP contribution in [0.3, 0.4) is 0 Å². The van der Waals surface area contributed by atoms with E-state index in [-0.39, 0.29) is 17.9 Å². The van der Waals surface area contributed by atoms with Gasteiger partial charge in [-0.25, -0.2) is 4.68 Å². The van der Waals surface area contributed by atoms with Gasteiger partial charge in [0.2, 0.25) is 0 Å². The third kappa shape index (κ3) is 3.74. The summed E-state index contributed by atoms with van der Waals surface area (Å²) < 4.78 is 1.15. The molecule has 5 nitrogen and oxygen atoms in total. The SMILES string of the molecule is Cc1ccc(CCCC(=O)Cn2nnc3ccccc3c2=O)cc1. The zero-order valence-corrected chi connectivity index (χ0v) is 13.6. The summed E-state index contributed by atoms with van der Waals surface area (Å²) in [5.74, 6) is -0.00575. The van der Waals surface area contributed by atoms with Gasteiger partial charge in [-0.3, -0.25) is 9.59 Å². The van der Waals surface area contributed by atoms with E-state index in [9.17, 15) is 9.59 Å². The number of aromatic nitrogens is 3. The molecular weight excluding hydrogens is 302 g/mol. The lowest BCUT2D eigenvalue weighted by atomic mass is 10.1. The number of carbonyl (C=O) groups excluding carboxylic acids is 1. The van der Waals surface area contributed by atoms with Crippen LogP contribution in [0.4, 0.5) is 0 Å². The summed E-state index contributed by atoms with van der Waals surface area (Å²) in [6, 6.07) is 15.3. The van der Waals surface area contributed by atoms with Crippen LogP contribution in [-0.2, 0) is 17.8 Å². The predicted molar refractivity (Wildman–Crippen MR) is 92.9 cm³/mol. The fraction of sp³-hybridized carbons (Fsp3) is 0.263. The first-order valence-electron chi connectivity index (χ1n) is 8.03. The first-order valence-corrected chi connectivity index (χ1v) is 8.03. The number of nitrogens with zero attached hydrogens (tertiary/aromatic N) is 3. The molecule has 122 valence electrons. The fourth-order valence-corrected chi connectivity index (χ4v) is 2.62. The van der Waals surface area contributed by atoms with Crippen molar-refractivity contribution in [2.24, 2.45) is 0 Å². The average Bonchev–Trinajstić information content (AvgIpc) is 2.59. The van der Waals surface area contributed by atoms with E-state index in [2.05, 4.69) is 41.5 Å². The Morgan fingerprint density at radius 2 is 1.83 bits per heavy atom. The Morgan fingerprint density at radius 1 is 1.08 bits per heavy atom. The molecule has 0 amide bonds. The molecule has 2 aromatic carbocycles. The summed E-state index contributed by atoms with van der Waals surface area (Å²) >= 11 is 0. The number of benzene rings is 2. The van der Waals surface area contributed by atoms with Crippen molar-refractivity contribution < 1.29 is 4.79 Å². The third-order valence-corrected chi connectivity index (χ3v) is 4.00. The van der Waals surface area contributed by atoms with Crippen LogP contribution in [0.2, 0.25) is 0 Å². The lowest BCUT2D eigenvalue weighted by Gasteiger charge is -2.05. The quantitative estimate of drug-likeness (QED) is 0.700. The van der Waals surface area contributed by atoms with Crippen molar-refractivity contribution in [3.63, 3.8) is 0 Å². The molecule has 0 saturated carbocycles. The number of Topliss-reactive ketones (excluding diaryl/α,β-unsaturated/α-hetero) is 1. The smallest absolute Gasteiger partial charge is 0.278 e. The molecule has 0 aliphatic carbocycles. The minimum absolute atomic E-state index is 0.00575. The number of carbonyl (C=O) groups is 1. The number of aryl methyl sites for hydroxylation is 2. The summed E-state index contributed by atoms with van der Waals surface area (Å²) in [6.07, 6.45) is 2.04. The fourth-order valence-electron chi connectivity index (χ4n) is 2.62. The molecule has 0 radical (unpaired) electrons. The molecule has 0 fully saturated rings. The molecule has 3 rings (SSSR count). The number of fused-ring (bicyclic) bond motifs is 1. The molecule has 0 N–H and O–H groups in total. The summed E-state index contributed by atoms with van der Waals surface area (Å²) in [5, 5.41) is 8.33. The highest BCUT2D eigenvalue weighted by Crippen LogP contribution is 2.08. The van der Waals surface area contributed by atoms with Crippen molar-refractivity contribution >= 4 is 16.7 Å². The van der Waals surface area contributed by atoms with Crippen LogP contribution in [0.15, 0.2) is 53.3 Å². The minimum Gasteiger partial charge on any atom is -0.298 e. The van der Waals surface area contributed by atoms with Crippen molar-refractivity contribution in [1.29, 1.82) is 0 Å². The van der Waals surface area contributed by atoms with Crippen LogP contribution in [0.1, 0.15) is 24.0 Å². The van der Waals surface area contributed by atoms with E-state index in [0.29, 0.717) is 17.3 Å². The summed E-state index contributed by atoms with van der Waals surface area (Å²) in [4.78, 5) is 24.4. The van der Waals surface area contributed by atoms with Crippen LogP contribution >= 0.6 is 0 Å². The molecule has 0 atom stereocenters. The molecule has 24 heavy (non-hydrogen) atoms. The molecule has 1 heterocycles. The first-order chi connectivity index (χ1) is 11.6. The van der Waals surface area contributed by atoms with Gasteiger partial charge in [-0.2, -0.15) is 0 Å². The maximum atomic E-state index is 12.3. The molecule has 3 aromatic rings. The molecule has 0 aliphatic heterocycles. The summed E-state index contributed by atoms with van der Waals surface area (Å²) in [7, 11) is 0. The Hall–Kier alpha value is -2.82. The van der Waals surface area contributed by atoms with Gasteiger partial charge < -0.3 is 0 Å². The maximum absolute atomic E-state index is 12.3. The van der Waals surface area contributed by atoms with Gasteiger partial charge in [0.1, 0.15) is 12.1 Å². The number of ketones is 1. The second kappa shape index (κ2) is 7.17. The molecule has 0 unspecified atom stereocenters. The zero-order valence-electron chi connectivity index (χ0n) is 13.6. The maximum Gasteiger partial charge on any atom is 0.278 e. The molecule has 1 aromatic heterocycles. The second-order valence-electron chi connectivity index (χ2n) is 5.95. The van der Waals surface area contributed by atoms with Crippen LogP contribution in [0.5, 0.6) is 0 Å². The number of hydrogen-bond donors (Lipinski definition) is 0. The Balaban J connectivity index is 1.60. The van der Waals surface area contributed by atoms with Crippen LogP contribution in [-0.4, -0.2) is 20.8 Å². The first kappa shape index (κ1) is 16.1. The lowest BCUT2D eigenvalue weighted by Crippen LogP contribution is -2.27. The monoisotopic (exact) mass is 321 g/mol. The summed E-state index contributed by atoms with van der Waals surface area (Å²) in [5.41, 5.74) is 2.72. The van der Waals surface area contributed by atoms with Crippen molar-refractivity contribution in [3.05, 3.63) is 70.0 Å². The lowest BCUT2D eigenvalue weighted by molar-refractivity contribution is -0.120. The van der Waals surface area contributed by atoms with E-state index in [0.717, 1.165) is 17.5 Å².